The lowest BCUT2D eigenvalue weighted by Crippen LogP contribution is -2.22. The second-order valence-corrected chi connectivity index (χ2v) is 3.33. The van der Waals surface area contributed by atoms with Crippen LogP contribution in [0.2, 0.25) is 0 Å². The molecule has 1 saturated heterocycles. The van der Waals surface area contributed by atoms with E-state index in [4.69, 9.17) is 0 Å². The zero-order chi connectivity index (χ0) is 9.26. The van der Waals surface area contributed by atoms with Gasteiger partial charge in [0, 0.05) is 18.4 Å². The van der Waals surface area contributed by atoms with E-state index >= 15 is 0 Å². The molecule has 0 bridgehead atoms. The maximum absolute atomic E-state index is 12.9. The smallest absolute Gasteiger partial charge is 0.225 e. The first-order chi connectivity index (χ1) is 6.25. The Hall–Kier alpha value is -1.19. The minimum atomic E-state index is -0.718. The molecule has 0 N–H and O–H groups in total. The Bertz CT molecular complexity index is 303. The monoisotopic (exact) mass is 181 g/mol. The van der Waals surface area contributed by atoms with Crippen LogP contribution in [0, 0.1) is 6.92 Å². The van der Waals surface area contributed by atoms with Crippen LogP contribution in [0.1, 0.15) is 12.1 Å². The number of anilines is 1. The van der Waals surface area contributed by atoms with Crippen LogP contribution in [0.15, 0.2) is 12.3 Å². The highest BCUT2D eigenvalue weighted by molar-refractivity contribution is 5.31. The molecule has 0 amide bonds. The molecule has 1 aromatic rings. The highest BCUT2D eigenvalue weighted by atomic mass is 19.1. The molecule has 1 fully saturated rings. The molecule has 2 heterocycles. The fourth-order valence-electron chi connectivity index (χ4n) is 1.49. The standard InChI is InChI=1S/C9H12FN3/c1-7-2-4-11-9(12-7)13-5-3-8(10)6-13/h2,4,8H,3,5-6H2,1H3. The highest BCUT2D eigenvalue weighted by Gasteiger charge is 2.23. The third-order valence-corrected chi connectivity index (χ3v) is 2.20. The number of hydrogen-bond acceptors (Lipinski definition) is 3. The molecule has 4 heteroatoms. The summed E-state index contributed by atoms with van der Waals surface area (Å²) in [4.78, 5) is 10.2. The molecule has 1 unspecified atom stereocenters. The molecule has 0 aliphatic carbocycles. The van der Waals surface area contributed by atoms with E-state index in [1.54, 1.807) is 6.20 Å². The van der Waals surface area contributed by atoms with Gasteiger partial charge in [0.2, 0.25) is 5.95 Å². The Balaban J connectivity index is 2.16. The van der Waals surface area contributed by atoms with Gasteiger partial charge in [0.15, 0.2) is 0 Å². The van der Waals surface area contributed by atoms with E-state index in [9.17, 15) is 4.39 Å². The number of nitrogens with zero attached hydrogens (tertiary/aromatic N) is 3. The van der Waals surface area contributed by atoms with Crippen LogP contribution in [0.25, 0.3) is 0 Å². The molecule has 0 radical (unpaired) electrons. The molecule has 0 spiro atoms. The maximum atomic E-state index is 12.9. The predicted octanol–water partition coefficient (Wildman–Crippen LogP) is 1.33. The number of hydrogen-bond donors (Lipinski definition) is 0. The summed E-state index contributed by atoms with van der Waals surface area (Å²) >= 11 is 0. The third-order valence-electron chi connectivity index (χ3n) is 2.20. The molecule has 2 rings (SSSR count). The first-order valence-electron chi connectivity index (χ1n) is 4.44. The van der Waals surface area contributed by atoms with E-state index in [1.165, 1.54) is 0 Å². The Morgan fingerprint density at radius 1 is 1.62 bits per heavy atom. The number of rotatable bonds is 1. The van der Waals surface area contributed by atoms with Gasteiger partial charge in [0.05, 0.1) is 6.54 Å². The van der Waals surface area contributed by atoms with Crippen molar-refractivity contribution in [3.63, 3.8) is 0 Å². The molecule has 70 valence electrons. The Morgan fingerprint density at radius 3 is 3.08 bits per heavy atom. The topological polar surface area (TPSA) is 29.0 Å². The fraction of sp³-hybridized carbons (Fsp3) is 0.556. The van der Waals surface area contributed by atoms with Crippen LogP contribution in [0.3, 0.4) is 0 Å². The van der Waals surface area contributed by atoms with Gasteiger partial charge in [-0.3, -0.25) is 0 Å². The number of aryl methyl sites for hydroxylation is 1. The van der Waals surface area contributed by atoms with E-state index in [-0.39, 0.29) is 0 Å². The van der Waals surface area contributed by atoms with Gasteiger partial charge in [0.1, 0.15) is 6.17 Å². The van der Waals surface area contributed by atoms with Gasteiger partial charge in [0.25, 0.3) is 0 Å². The van der Waals surface area contributed by atoms with Crippen molar-refractivity contribution in [1.82, 2.24) is 9.97 Å². The van der Waals surface area contributed by atoms with Crippen molar-refractivity contribution in [3.05, 3.63) is 18.0 Å². The Morgan fingerprint density at radius 2 is 2.46 bits per heavy atom. The lowest BCUT2D eigenvalue weighted by molar-refractivity contribution is 0.364. The van der Waals surface area contributed by atoms with Gasteiger partial charge in [-0.2, -0.15) is 0 Å². The molecule has 3 nitrogen and oxygen atoms in total. The summed E-state index contributed by atoms with van der Waals surface area (Å²) in [5.74, 6) is 0.653. The van der Waals surface area contributed by atoms with E-state index in [0.717, 1.165) is 12.2 Å². The molecule has 0 aromatic carbocycles. The van der Waals surface area contributed by atoms with Crippen LogP contribution < -0.4 is 4.90 Å². The second-order valence-electron chi connectivity index (χ2n) is 3.33. The highest BCUT2D eigenvalue weighted by Crippen LogP contribution is 2.17. The summed E-state index contributed by atoms with van der Waals surface area (Å²) in [6.45, 7) is 3.07. The van der Waals surface area contributed by atoms with Crippen molar-refractivity contribution in [2.75, 3.05) is 18.0 Å². The first-order valence-corrected chi connectivity index (χ1v) is 4.44. The molecule has 1 atom stereocenters. The zero-order valence-electron chi connectivity index (χ0n) is 7.57. The quantitative estimate of drug-likeness (QED) is 0.654. The maximum Gasteiger partial charge on any atom is 0.225 e. The summed E-state index contributed by atoms with van der Waals surface area (Å²) in [6, 6.07) is 1.84. The fourth-order valence-corrected chi connectivity index (χ4v) is 1.49. The van der Waals surface area contributed by atoms with Crippen molar-refractivity contribution in [3.8, 4) is 0 Å². The van der Waals surface area contributed by atoms with Crippen molar-refractivity contribution in [2.45, 2.75) is 19.5 Å². The van der Waals surface area contributed by atoms with E-state index in [0.29, 0.717) is 18.9 Å². The lowest BCUT2D eigenvalue weighted by Gasteiger charge is -2.14. The average Bonchev–Trinajstić information content (AvgIpc) is 2.52. The SMILES string of the molecule is Cc1ccnc(N2CCC(F)C2)n1. The van der Waals surface area contributed by atoms with Crippen molar-refractivity contribution in [2.24, 2.45) is 0 Å². The van der Waals surface area contributed by atoms with Gasteiger partial charge < -0.3 is 4.90 Å². The molecule has 1 aliphatic heterocycles. The first kappa shape index (κ1) is 8.41. The van der Waals surface area contributed by atoms with E-state index in [2.05, 4.69) is 9.97 Å². The second kappa shape index (κ2) is 3.28. The van der Waals surface area contributed by atoms with Crippen LogP contribution in [-0.4, -0.2) is 29.2 Å². The van der Waals surface area contributed by atoms with Crippen LogP contribution in [0.5, 0.6) is 0 Å². The van der Waals surface area contributed by atoms with Gasteiger partial charge in [-0.15, -0.1) is 0 Å². The number of aromatic nitrogens is 2. The molecule has 13 heavy (non-hydrogen) atoms. The van der Waals surface area contributed by atoms with Gasteiger partial charge >= 0.3 is 0 Å². The third kappa shape index (κ3) is 1.76. The van der Waals surface area contributed by atoms with Gasteiger partial charge in [-0.1, -0.05) is 0 Å². The van der Waals surface area contributed by atoms with Crippen molar-refractivity contribution in [1.29, 1.82) is 0 Å². The van der Waals surface area contributed by atoms with Crippen LogP contribution >= 0.6 is 0 Å². The normalized spacial score (nSPS) is 22.3. The predicted molar refractivity (Wildman–Crippen MR) is 48.5 cm³/mol. The summed E-state index contributed by atoms with van der Waals surface area (Å²) in [6.07, 6.45) is 1.59. The van der Waals surface area contributed by atoms with Gasteiger partial charge in [-0.25, -0.2) is 14.4 Å². The van der Waals surface area contributed by atoms with Crippen molar-refractivity contribution < 1.29 is 4.39 Å². The average molecular weight is 181 g/mol. The summed E-state index contributed by atoms with van der Waals surface area (Å²) < 4.78 is 12.9. The summed E-state index contributed by atoms with van der Waals surface area (Å²) in [7, 11) is 0. The Labute approximate surface area is 76.6 Å². The van der Waals surface area contributed by atoms with Gasteiger partial charge in [-0.05, 0) is 19.4 Å². The number of alkyl halides is 1. The zero-order valence-corrected chi connectivity index (χ0v) is 7.57. The molecular formula is C9H12FN3. The van der Waals surface area contributed by atoms with Crippen LogP contribution in [0.4, 0.5) is 10.3 Å². The van der Waals surface area contributed by atoms with Crippen LogP contribution in [-0.2, 0) is 0 Å². The summed E-state index contributed by atoms with van der Waals surface area (Å²) in [5.41, 5.74) is 0.923. The van der Waals surface area contributed by atoms with Crippen molar-refractivity contribution >= 4 is 5.95 Å². The largest absolute Gasteiger partial charge is 0.338 e. The molecular weight excluding hydrogens is 169 g/mol. The molecule has 1 aliphatic rings. The minimum absolute atomic E-state index is 0.434. The van der Waals surface area contributed by atoms with E-state index in [1.807, 2.05) is 17.9 Å². The lowest BCUT2D eigenvalue weighted by atomic mass is 10.3. The minimum Gasteiger partial charge on any atom is -0.338 e. The Kier molecular flexibility index (Phi) is 2.12. The number of halogens is 1. The van der Waals surface area contributed by atoms with E-state index < -0.39 is 6.17 Å². The summed E-state index contributed by atoms with van der Waals surface area (Å²) in [5, 5.41) is 0. The molecule has 0 saturated carbocycles. The molecule has 1 aromatic heterocycles.